The van der Waals surface area contributed by atoms with Crippen molar-refractivity contribution in [3.63, 3.8) is 0 Å². The highest BCUT2D eigenvalue weighted by Gasteiger charge is 2.45. The smallest absolute Gasteiger partial charge is 0.315 e. The Morgan fingerprint density at radius 3 is 2.45 bits per heavy atom. The zero-order chi connectivity index (χ0) is 21.2. The minimum absolute atomic E-state index is 0.103. The molecule has 2 unspecified atom stereocenters. The molecule has 1 aliphatic rings. The standard InChI is InChI=1S/C21H25F2N3O2S/c1-13(25-29-4)17-10-9-16(11-24-17)14-5-7-15(8-6-14)18-12-26(20(27)19(22)23)21(2,3)28-18/h5-11,13,18-19,25H,12H2,1-4H3. The number of ether oxygens (including phenoxy) is 1. The Kier molecular flexibility index (Phi) is 6.55. The average molecular weight is 422 g/mol. The predicted molar refractivity (Wildman–Crippen MR) is 110 cm³/mol. The molecule has 2 aromatic rings. The number of rotatable bonds is 6. The fourth-order valence-electron chi connectivity index (χ4n) is 3.44. The van der Waals surface area contributed by atoms with E-state index in [1.807, 2.05) is 48.9 Å². The van der Waals surface area contributed by atoms with Crippen molar-refractivity contribution in [2.45, 2.75) is 45.1 Å². The van der Waals surface area contributed by atoms with E-state index >= 15 is 0 Å². The molecule has 1 aromatic carbocycles. The molecular weight excluding hydrogens is 396 g/mol. The molecule has 1 N–H and O–H groups in total. The molecule has 156 valence electrons. The van der Waals surface area contributed by atoms with E-state index in [0.717, 1.165) is 27.3 Å². The van der Waals surface area contributed by atoms with Crippen LogP contribution in [0.1, 0.15) is 44.2 Å². The maximum Gasteiger partial charge on any atom is 0.315 e. The van der Waals surface area contributed by atoms with E-state index in [4.69, 9.17) is 4.74 Å². The largest absolute Gasteiger partial charge is 0.346 e. The van der Waals surface area contributed by atoms with Crippen molar-refractivity contribution < 1.29 is 18.3 Å². The second-order valence-corrected chi connectivity index (χ2v) is 8.08. The summed E-state index contributed by atoms with van der Waals surface area (Å²) in [6.45, 7) is 5.41. The van der Waals surface area contributed by atoms with E-state index in [9.17, 15) is 13.6 Å². The Hall–Kier alpha value is -2.03. The zero-order valence-electron chi connectivity index (χ0n) is 16.9. The first-order chi connectivity index (χ1) is 13.7. The molecule has 1 amide bonds. The highest BCUT2D eigenvalue weighted by molar-refractivity contribution is 7.96. The van der Waals surface area contributed by atoms with E-state index in [-0.39, 0.29) is 12.6 Å². The molecule has 8 heteroatoms. The summed E-state index contributed by atoms with van der Waals surface area (Å²) in [4.78, 5) is 17.4. The quantitative estimate of drug-likeness (QED) is 0.692. The summed E-state index contributed by atoms with van der Waals surface area (Å²) in [6.07, 6.45) is 0.328. The summed E-state index contributed by atoms with van der Waals surface area (Å²) in [6, 6.07) is 11.9. The molecular formula is C21H25F2N3O2S. The first-order valence-corrected chi connectivity index (χ1v) is 10.6. The molecule has 1 aliphatic heterocycles. The number of pyridine rings is 1. The van der Waals surface area contributed by atoms with Gasteiger partial charge in [-0.15, -0.1) is 0 Å². The molecule has 0 radical (unpaired) electrons. The SMILES string of the molecule is CSNC(C)c1ccc(-c2ccc(C3CN(C(=O)C(F)F)C(C)(C)O3)cc2)cn1. The molecule has 2 atom stereocenters. The lowest BCUT2D eigenvalue weighted by Gasteiger charge is -2.29. The third kappa shape index (κ3) is 4.76. The van der Waals surface area contributed by atoms with Gasteiger partial charge in [0, 0.05) is 11.8 Å². The predicted octanol–water partition coefficient (Wildman–Crippen LogP) is 4.58. The number of hydrogen-bond acceptors (Lipinski definition) is 5. The molecule has 0 bridgehead atoms. The van der Waals surface area contributed by atoms with Crippen LogP contribution in [0.15, 0.2) is 42.6 Å². The second-order valence-electron chi connectivity index (χ2n) is 7.44. The van der Waals surface area contributed by atoms with Gasteiger partial charge in [-0.05, 0) is 44.2 Å². The molecule has 5 nitrogen and oxygen atoms in total. The van der Waals surface area contributed by atoms with Crippen LogP contribution in [-0.2, 0) is 9.53 Å². The van der Waals surface area contributed by atoms with Crippen LogP contribution in [0.5, 0.6) is 0 Å². The van der Waals surface area contributed by atoms with Crippen LogP contribution in [0.3, 0.4) is 0 Å². The normalized spacial score (nSPS) is 19.6. The van der Waals surface area contributed by atoms with Gasteiger partial charge in [-0.1, -0.05) is 42.3 Å². The van der Waals surface area contributed by atoms with Gasteiger partial charge in [-0.25, -0.2) is 0 Å². The Bertz CT molecular complexity index is 844. The van der Waals surface area contributed by atoms with E-state index in [0.29, 0.717) is 0 Å². The minimum Gasteiger partial charge on any atom is -0.346 e. The monoisotopic (exact) mass is 421 g/mol. The van der Waals surface area contributed by atoms with Crippen LogP contribution in [-0.4, -0.2) is 40.7 Å². The minimum atomic E-state index is -3.04. The summed E-state index contributed by atoms with van der Waals surface area (Å²) < 4.78 is 34.8. The van der Waals surface area contributed by atoms with Crippen LogP contribution in [0, 0.1) is 0 Å². The lowest BCUT2D eigenvalue weighted by atomic mass is 10.0. The highest BCUT2D eigenvalue weighted by atomic mass is 32.2. The molecule has 0 aliphatic carbocycles. The number of nitrogens with one attached hydrogen (secondary N) is 1. The number of halogens is 2. The van der Waals surface area contributed by atoms with Gasteiger partial charge in [0.2, 0.25) is 0 Å². The number of amides is 1. The molecule has 2 heterocycles. The summed E-state index contributed by atoms with van der Waals surface area (Å²) in [5.41, 5.74) is 2.71. The van der Waals surface area contributed by atoms with Gasteiger partial charge < -0.3 is 9.64 Å². The fraction of sp³-hybridized carbons (Fsp3) is 0.429. The number of nitrogens with zero attached hydrogens (tertiary/aromatic N) is 2. The van der Waals surface area contributed by atoms with Crippen molar-refractivity contribution in [2.24, 2.45) is 0 Å². The van der Waals surface area contributed by atoms with Crippen LogP contribution in [0.4, 0.5) is 8.78 Å². The number of alkyl halides is 2. The molecule has 0 saturated carbocycles. The summed E-state index contributed by atoms with van der Waals surface area (Å²) in [5, 5.41) is 0. The first kappa shape index (κ1) is 21.7. The summed E-state index contributed by atoms with van der Waals surface area (Å²) in [5.74, 6) is -1.20. The lowest BCUT2D eigenvalue weighted by Crippen LogP contribution is -2.46. The fourth-order valence-corrected chi connectivity index (χ4v) is 3.92. The van der Waals surface area contributed by atoms with Crippen LogP contribution in [0.25, 0.3) is 11.1 Å². The molecule has 3 rings (SSSR count). The van der Waals surface area contributed by atoms with Crippen molar-refractivity contribution in [2.75, 3.05) is 12.8 Å². The van der Waals surface area contributed by atoms with E-state index in [1.165, 1.54) is 0 Å². The third-order valence-corrected chi connectivity index (χ3v) is 5.61. The van der Waals surface area contributed by atoms with Crippen LogP contribution < -0.4 is 4.72 Å². The van der Waals surface area contributed by atoms with Gasteiger partial charge in [-0.2, -0.15) is 8.78 Å². The lowest BCUT2D eigenvalue weighted by molar-refractivity contribution is -0.157. The van der Waals surface area contributed by atoms with E-state index in [2.05, 4.69) is 16.6 Å². The Morgan fingerprint density at radius 2 is 1.90 bits per heavy atom. The third-order valence-electron chi connectivity index (χ3n) is 5.02. The number of aromatic nitrogens is 1. The average Bonchev–Trinajstić information content (AvgIpc) is 3.03. The first-order valence-electron chi connectivity index (χ1n) is 9.35. The van der Waals surface area contributed by atoms with Gasteiger partial charge in [0.05, 0.1) is 18.3 Å². The van der Waals surface area contributed by atoms with Gasteiger partial charge in [0.1, 0.15) is 11.8 Å². The zero-order valence-corrected chi connectivity index (χ0v) is 17.7. The van der Waals surface area contributed by atoms with Gasteiger partial charge >= 0.3 is 6.43 Å². The summed E-state index contributed by atoms with van der Waals surface area (Å²) in [7, 11) is 0. The second kappa shape index (κ2) is 8.77. The van der Waals surface area contributed by atoms with Crippen LogP contribution in [0.2, 0.25) is 0 Å². The topological polar surface area (TPSA) is 54.5 Å². The van der Waals surface area contributed by atoms with Crippen molar-refractivity contribution in [3.05, 3.63) is 53.9 Å². The molecule has 0 spiro atoms. The molecule has 29 heavy (non-hydrogen) atoms. The van der Waals surface area contributed by atoms with E-state index < -0.39 is 24.2 Å². The Balaban J connectivity index is 1.73. The van der Waals surface area contributed by atoms with Crippen molar-refractivity contribution >= 4 is 17.9 Å². The molecule has 1 aromatic heterocycles. The maximum absolute atomic E-state index is 12.9. The maximum atomic E-state index is 12.9. The van der Waals surface area contributed by atoms with Gasteiger partial charge in [0.25, 0.3) is 5.91 Å². The van der Waals surface area contributed by atoms with Crippen molar-refractivity contribution in [1.29, 1.82) is 0 Å². The number of carbonyl (C=O) groups excluding carboxylic acids is 1. The molecule has 1 saturated heterocycles. The van der Waals surface area contributed by atoms with Crippen molar-refractivity contribution in [1.82, 2.24) is 14.6 Å². The number of carbonyl (C=O) groups is 1. The van der Waals surface area contributed by atoms with Gasteiger partial charge in [-0.3, -0.25) is 14.5 Å². The molecule has 1 fully saturated rings. The van der Waals surface area contributed by atoms with Crippen molar-refractivity contribution in [3.8, 4) is 11.1 Å². The number of benzene rings is 1. The Labute approximate surface area is 174 Å². The number of hydrogen-bond donors (Lipinski definition) is 1. The summed E-state index contributed by atoms with van der Waals surface area (Å²) >= 11 is 1.55. The van der Waals surface area contributed by atoms with Gasteiger partial charge in [0.15, 0.2) is 0 Å². The van der Waals surface area contributed by atoms with Crippen LogP contribution >= 0.6 is 11.9 Å². The Morgan fingerprint density at radius 1 is 1.24 bits per heavy atom. The van der Waals surface area contributed by atoms with E-state index in [1.54, 1.807) is 25.8 Å². The highest BCUT2D eigenvalue weighted by Crippen LogP contribution is 2.37.